The third-order valence-electron chi connectivity index (χ3n) is 6.59. The van der Waals surface area contributed by atoms with Crippen LogP contribution in [-0.4, -0.2) is 45.9 Å². The molecule has 1 N–H and O–H groups in total. The summed E-state index contributed by atoms with van der Waals surface area (Å²) in [6, 6.07) is 15.7. The third-order valence-corrected chi connectivity index (χ3v) is 7.57. The molecular formula is C28H26F3N3O5S. The van der Waals surface area contributed by atoms with E-state index < -0.39 is 50.9 Å². The molecule has 0 aromatic heterocycles. The van der Waals surface area contributed by atoms with Crippen molar-refractivity contribution >= 4 is 45.8 Å². The second-order valence-corrected chi connectivity index (χ2v) is 10.9. The summed E-state index contributed by atoms with van der Waals surface area (Å²) in [4.78, 5) is 40.2. The summed E-state index contributed by atoms with van der Waals surface area (Å²) < 4.78 is 57.8. The number of alkyl halides is 3. The van der Waals surface area contributed by atoms with Crippen molar-refractivity contribution in [1.82, 2.24) is 4.90 Å². The lowest BCUT2D eigenvalue weighted by Crippen LogP contribution is -2.43. The van der Waals surface area contributed by atoms with Crippen molar-refractivity contribution in [3.63, 3.8) is 0 Å². The molecular weight excluding hydrogens is 547 g/mol. The number of rotatable bonds is 7. The number of carbonyl (C=O) groups excluding carboxylic acids is 3. The van der Waals surface area contributed by atoms with Crippen molar-refractivity contribution in [3.05, 3.63) is 83.4 Å². The van der Waals surface area contributed by atoms with Crippen LogP contribution >= 0.6 is 0 Å². The molecule has 1 aliphatic heterocycles. The second kappa shape index (κ2) is 10.8. The Hall–Kier alpha value is -4.19. The minimum Gasteiger partial charge on any atom is -0.465 e. The van der Waals surface area contributed by atoms with E-state index in [-0.39, 0.29) is 12.2 Å². The number of methoxy groups -OCH3 is 1. The molecule has 1 atom stereocenters. The van der Waals surface area contributed by atoms with E-state index in [4.69, 9.17) is 4.74 Å². The predicted molar refractivity (Wildman–Crippen MR) is 144 cm³/mol. The van der Waals surface area contributed by atoms with Gasteiger partial charge in [0.1, 0.15) is 5.54 Å². The molecule has 0 aliphatic carbocycles. The molecule has 1 saturated heterocycles. The van der Waals surface area contributed by atoms with Gasteiger partial charge in [0, 0.05) is 17.6 Å². The van der Waals surface area contributed by atoms with Gasteiger partial charge in [-0.25, -0.2) is 14.5 Å². The number of carbonyl (C=O) groups is 3. The first kappa shape index (κ1) is 28.8. The van der Waals surface area contributed by atoms with Crippen molar-refractivity contribution in [2.75, 3.05) is 23.6 Å². The zero-order chi connectivity index (χ0) is 29.4. The molecule has 1 fully saturated rings. The lowest BCUT2D eigenvalue weighted by molar-refractivity contribution is -0.139. The van der Waals surface area contributed by atoms with E-state index in [2.05, 4.69) is 5.32 Å². The van der Waals surface area contributed by atoms with Gasteiger partial charge in [-0.05, 0) is 67.9 Å². The molecule has 4 rings (SSSR count). The highest BCUT2D eigenvalue weighted by Gasteiger charge is 2.52. The van der Waals surface area contributed by atoms with Crippen LogP contribution < -0.4 is 10.2 Å². The first-order valence-corrected chi connectivity index (χ1v) is 13.6. The number of esters is 1. The van der Waals surface area contributed by atoms with Crippen LogP contribution in [0, 0.1) is 0 Å². The molecule has 1 unspecified atom stereocenters. The van der Waals surface area contributed by atoms with Crippen LogP contribution in [0.25, 0.3) is 0 Å². The van der Waals surface area contributed by atoms with Crippen LogP contribution in [0.1, 0.15) is 35.3 Å². The van der Waals surface area contributed by atoms with E-state index in [9.17, 15) is 31.8 Å². The molecule has 3 aromatic carbocycles. The van der Waals surface area contributed by atoms with E-state index in [1.165, 1.54) is 31.9 Å². The normalized spacial score (nSPS) is 15.8. The van der Waals surface area contributed by atoms with E-state index in [1.807, 2.05) is 0 Å². The minimum atomic E-state index is -4.84. The lowest BCUT2D eigenvalue weighted by Gasteiger charge is -2.28. The van der Waals surface area contributed by atoms with Crippen LogP contribution in [0.2, 0.25) is 0 Å². The highest BCUT2D eigenvalue weighted by molar-refractivity contribution is 7.84. The molecule has 1 aliphatic rings. The van der Waals surface area contributed by atoms with Crippen LogP contribution in [0.5, 0.6) is 0 Å². The Labute approximate surface area is 231 Å². The summed E-state index contributed by atoms with van der Waals surface area (Å²) in [6.07, 6.45) is -3.71. The quantitative estimate of drug-likeness (QED) is 0.287. The summed E-state index contributed by atoms with van der Waals surface area (Å²) in [5, 5.41) is 3.23. The number of nitrogens with one attached hydrogen (secondary N) is 1. The fraction of sp³-hybridized carbons (Fsp3) is 0.250. The van der Waals surface area contributed by atoms with Crippen LogP contribution in [0.15, 0.2) is 71.6 Å². The molecule has 3 aromatic rings. The number of urea groups is 1. The smallest absolute Gasteiger partial charge is 0.417 e. The lowest BCUT2D eigenvalue weighted by atomic mass is 10.0. The van der Waals surface area contributed by atoms with Gasteiger partial charge in [0.2, 0.25) is 0 Å². The number of amides is 3. The van der Waals surface area contributed by atoms with Crippen molar-refractivity contribution in [3.8, 4) is 0 Å². The Morgan fingerprint density at radius 1 is 1.02 bits per heavy atom. The summed E-state index contributed by atoms with van der Waals surface area (Å²) in [5.41, 5.74) is -0.522. The van der Waals surface area contributed by atoms with Crippen LogP contribution in [-0.2, 0) is 33.1 Å². The molecule has 3 amide bonds. The van der Waals surface area contributed by atoms with Gasteiger partial charge in [0.15, 0.2) is 0 Å². The number of para-hydroxylation sites is 1. The van der Waals surface area contributed by atoms with Crippen molar-refractivity contribution < 1.29 is 36.5 Å². The van der Waals surface area contributed by atoms with Gasteiger partial charge < -0.3 is 15.0 Å². The molecule has 210 valence electrons. The van der Waals surface area contributed by atoms with E-state index in [0.717, 1.165) is 17.2 Å². The summed E-state index contributed by atoms with van der Waals surface area (Å²) >= 11 is 0. The molecule has 0 radical (unpaired) electrons. The zero-order valence-corrected chi connectivity index (χ0v) is 22.9. The maximum Gasteiger partial charge on any atom is 0.417 e. The zero-order valence-electron chi connectivity index (χ0n) is 22.0. The largest absolute Gasteiger partial charge is 0.465 e. The van der Waals surface area contributed by atoms with Crippen molar-refractivity contribution in [2.24, 2.45) is 0 Å². The Balaban J connectivity index is 1.64. The second-order valence-electron chi connectivity index (χ2n) is 9.55. The Bertz CT molecular complexity index is 1510. The van der Waals surface area contributed by atoms with Gasteiger partial charge in [-0.1, -0.05) is 18.2 Å². The molecule has 8 nitrogen and oxygen atoms in total. The first-order chi connectivity index (χ1) is 18.8. The standard InChI is InChI=1S/C28H26F3N3O5S/c1-27(2)25(36)34(20-13-14-23(40(4)38)21(15-20)28(29,30)31)26(37)33(27)16-18-7-5-6-8-22(18)32-19-11-9-17(10-12-19)24(35)39-3/h5-15,32H,16H2,1-4H3. The minimum absolute atomic E-state index is 0.0271. The third kappa shape index (κ3) is 5.44. The molecule has 1 heterocycles. The molecule has 12 heteroatoms. The Morgan fingerprint density at radius 2 is 1.68 bits per heavy atom. The van der Waals surface area contributed by atoms with E-state index in [0.29, 0.717) is 28.6 Å². The maximum atomic E-state index is 13.7. The SMILES string of the molecule is COC(=O)c1ccc(Nc2ccccc2CN2C(=O)N(c3ccc(S(C)=O)c(C(F)(F)F)c3)C(=O)C2(C)C)cc1. The summed E-state index contributed by atoms with van der Waals surface area (Å²) in [7, 11) is -0.649. The topological polar surface area (TPSA) is 96.0 Å². The van der Waals surface area contributed by atoms with Gasteiger partial charge in [-0.15, -0.1) is 0 Å². The summed E-state index contributed by atoms with van der Waals surface area (Å²) in [6.45, 7) is 3.02. The highest BCUT2D eigenvalue weighted by atomic mass is 32.2. The van der Waals surface area contributed by atoms with Gasteiger partial charge in [0.05, 0.1) is 46.2 Å². The fourth-order valence-corrected chi connectivity index (χ4v) is 5.12. The molecule has 0 spiro atoms. The van der Waals surface area contributed by atoms with Gasteiger partial charge in [0.25, 0.3) is 5.91 Å². The maximum absolute atomic E-state index is 13.7. The summed E-state index contributed by atoms with van der Waals surface area (Å²) in [5.74, 6) is -1.17. The Morgan fingerprint density at radius 3 is 2.27 bits per heavy atom. The number of anilines is 3. The van der Waals surface area contributed by atoms with Crippen LogP contribution in [0.3, 0.4) is 0 Å². The van der Waals surface area contributed by atoms with Gasteiger partial charge in [-0.3, -0.25) is 9.00 Å². The number of hydrogen-bond donors (Lipinski definition) is 1. The average molecular weight is 574 g/mol. The highest BCUT2D eigenvalue weighted by Crippen LogP contribution is 2.39. The average Bonchev–Trinajstić information content (AvgIpc) is 3.07. The van der Waals surface area contributed by atoms with Gasteiger partial charge >= 0.3 is 18.2 Å². The molecule has 0 bridgehead atoms. The fourth-order valence-electron chi connectivity index (χ4n) is 4.37. The van der Waals surface area contributed by atoms with Crippen LogP contribution in [0.4, 0.5) is 35.0 Å². The monoisotopic (exact) mass is 573 g/mol. The number of halogens is 3. The van der Waals surface area contributed by atoms with Crippen molar-refractivity contribution in [1.29, 1.82) is 0 Å². The number of imide groups is 1. The van der Waals surface area contributed by atoms with Gasteiger partial charge in [-0.2, -0.15) is 13.2 Å². The molecule has 40 heavy (non-hydrogen) atoms. The van der Waals surface area contributed by atoms with E-state index in [1.54, 1.807) is 48.5 Å². The first-order valence-electron chi connectivity index (χ1n) is 12.0. The number of benzene rings is 3. The predicted octanol–water partition coefficient (Wildman–Crippen LogP) is 5.72. The number of ether oxygens (including phenoxy) is 1. The number of hydrogen-bond acceptors (Lipinski definition) is 6. The van der Waals surface area contributed by atoms with E-state index >= 15 is 0 Å². The Kier molecular flexibility index (Phi) is 7.75. The molecule has 0 saturated carbocycles. The van der Waals surface area contributed by atoms with Crippen molar-refractivity contribution in [2.45, 2.75) is 37.0 Å². The number of nitrogens with zero attached hydrogens (tertiary/aromatic N) is 2.